The van der Waals surface area contributed by atoms with Crippen molar-refractivity contribution in [2.45, 2.75) is 465 Å². The molecule has 0 aliphatic rings. The molecule has 6 atom stereocenters. The maximum Gasteiger partial charge on any atom is 0.472 e. The van der Waals surface area contributed by atoms with E-state index in [-0.39, 0.29) is 25.7 Å². The van der Waals surface area contributed by atoms with Crippen LogP contribution in [-0.2, 0) is 65.4 Å². The van der Waals surface area contributed by atoms with Gasteiger partial charge in [0, 0.05) is 25.7 Å². The zero-order valence-electron chi connectivity index (χ0n) is 68.5. The monoisotopic (exact) mass is 1520 g/mol. The maximum absolute atomic E-state index is 13.1. The van der Waals surface area contributed by atoms with Gasteiger partial charge >= 0.3 is 39.5 Å². The van der Waals surface area contributed by atoms with Gasteiger partial charge in [0.15, 0.2) is 12.2 Å². The Hall–Kier alpha value is -1.94. The van der Waals surface area contributed by atoms with Crippen LogP contribution in [-0.4, -0.2) is 96.7 Å². The first-order valence-electron chi connectivity index (χ1n) is 43.9. The van der Waals surface area contributed by atoms with Crippen molar-refractivity contribution < 1.29 is 80.2 Å². The van der Waals surface area contributed by atoms with Crippen LogP contribution in [0.3, 0.4) is 0 Å². The highest BCUT2D eigenvalue weighted by Crippen LogP contribution is 2.45. The summed E-state index contributed by atoms with van der Waals surface area (Å²) in [7, 11) is -9.93. The van der Waals surface area contributed by atoms with Gasteiger partial charge in [-0.15, -0.1) is 0 Å². The van der Waals surface area contributed by atoms with Gasteiger partial charge in [-0.05, 0) is 43.4 Å². The number of hydrogen-bond acceptors (Lipinski definition) is 15. The van der Waals surface area contributed by atoms with Gasteiger partial charge in [-0.25, -0.2) is 9.13 Å². The number of ether oxygens (including phenoxy) is 4. The highest BCUT2D eigenvalue weighted by Gasteiger charge is 2.30. The molecule has 0 heterocycles. The molecule has 3 unspecified atom stereocenters. The van der Waals surface area contributed by atoms with Gasteiger partial charge in [0.1, 0.15) is 19.3 Å². The third-order valence-corrected chi connectivity index (χ3v) is 22.1. The molecular weight excluding hydrogens is 1350 g/mol. The minimum atomic E-state index is -4.97. The lowest BCUT2D eigenvalue weighted by Crippen LogP contribution is -2.30. The van der Waals surface area contributed by atoms with Crippen molar-refractivity contribution in [1.29, 1.82) is 0 Å². The predicted molar refractivity (Wildman–Crippen MR) is 428 cm³/mol. The van der Waals surface area contributed by atoms with E-state index in [0.717, 1.165) is 108 Å². The van der Waals surface area contributed by atoms with Crippen LogP contribution in [0.4, 0.5) is 0 Å². The minimum Gasteiger partial charge on any atom is -0.462 e. The number of rotatable bonds is 83. The van der Waals surface area contributed by atoms with E-state index >= 15 is 0 Å². The van der Waals surface area contributed by atoms with Crippen molar-refractivity contribution in [2.75, 3.05) is 39.6 Å². The molecule has 0 saturated heterocycles. The summed E-state index contributed by atoms with van der Waals surface area (Å²) in [6.07, 6.45) is 65.1. The van der Waals surface area contributed by atoms with E-state index in [1.807, 2.05) is 0 Å². The second kappa shape index (κ2) is 75.1. The molecule has 0 rings (SSSR count). The van der Waals surface area contributed by atoms with E-state index in [1.54, 1.807) is 0 Å². The Morgan fingerprint density at radius 2 is 0.490 bits per heavy atom. The molecule has 17 nitrogen and oxygen atoms in total. The average molecular weight is 1520 g/mol. The number of esters is 4. The molecule has 0 bridgehead atoms. The summed E-state index contributed by atoms with van der Waals surface area (Å²) in [5, 5.41) is 10.7. The van der Waals surface area contributed by atoms with Crippen LogP contribution in [0.2, 0.25) is 0 Å². The van der Waals surface area contributed by atoms with E-state index in [9.17, 15) is 43.2 Å². The number of hydrogen-bond donors (Lipinski definition) is 3. The van der Waals surface area contributed by atoms with Crippen LogP contribution in [0, 0.1) is 17.8 Å². The van der Waals surface area contributed by atoms with Crippen molar-refractivity contribution in [1.82, 2.24) is 0 Å². The SMILES string of the molecule is CCCCCCCCCCCCCCCC(=O)O[C@H](COC(=O)CCCCCCCCCCC(C)CC)COP(=O)(O)OC[C@H](O)COP(=O)(O)OC[C@@H](COC(=O)CCCCCCCCCCCCCCCCCC(C)C)OC(=O)CCCCCCCCCCCCCCCCCCCCC(C)C. The Morgan fingerprint density at radius 1 is 0.279 bits per heavy atom. The van der Waals surface area contributed by atoms with Gasteiger partial charge in [-0.3, -0.25) is 37.3 Å². The molecule has 0 aromatic rings. The lowest BCUT2D eigenvalue weighted by atomic mass is 9.99. The predicted octanol–water partition coefficient (Wildman–Crippen LogP) is 25.7. The van der Waals surface area contributed by atoms with Gasteiger partial charge < -0.3 is 33.8 Å². The van der Waals surface area contributed by atoms with Crippen LogP contribution in [0.1, 0.15) is 447 Å². The summed E-state index contributed by atoms with van der Waals surface area (Å²) < 4.78 is 68.9. The molecule has 0 radical (unpaired) electrons. The van der Waals surface area contributed by atoms with Gasteiger partial charge in [-0.1, -0.05) is 395 Å². The number of phosphoric acid groups is 2. The van der Waals surface area contributed by atoms with Crippen molar-refractivity contribution in [2.24, 2.45) is 17.8 Å². The first kappa shape index (κ1) is 102. The lowest BCUT2D eigenvalue weighted by Gasteiger charge is -2.21. The van der Waals surface area contributed by atoms with Crippen LogP contribution in [0.15, 0.2) is 0 Å². The van der Waals surface area contributed by atoms with Crippen molar-refractivity contribution in [3.8, 4) is 0 Å². The summed E-state index contributed by atoms with van der Waals surface area (Å²) in [6.45, 7) is 12.0. The Bertz CT molecular complexity index is 2010. The summed E-state index contributed by atoms with van der Waals surface area (Å²) in [5.74, 6) is 0.300. The summed E-state index contributed by atoms with van der Waals surface area (Å²) in [5.41, 5.74) is 0. The smallest absolute Gasteiger partial charge is 0.462 e. The minimum absolute atomic E-state index is 0.107. The summed E-state index contributed by atoms with van der Waals surface area (Å²) in [6, 6.07) is 0. The number of aliphatic hydroxyl groups is 1. The molecule has 0 aliphatic heterocycles. The highest BCUT2D eigenvalue weighted by atomic mass is 31.2. The van der Waals surface area contributed by atoms with Crippen molar-refractivity contribution in [3.63, 3.8) is 0 Å². The van der Waals surface area contributed by atoms with E-state index in [2.05, 4.69) is 48.5 Å². The number of carbonyl (C=O) groups excluding carboxylic acids is 4. The van der Waals surface area contributed by atoms with Crippen molar-refractivity contribution in [3.05, 3.63) is 0 Å². The fraction of sp³-hybridized carbons (Fsp3) is 0.953. The molecule has 0 aromatic heterocycles. The van der Waals surface area contributed by atoms with E-state index in [4.69, 9.17) is 37.0 Å². The Labute approximate surface area is 638 Å². The molecule has 104 heavy (non-hydrogen) atoms. The fourth-order valence-corrected chi connectivity index (χ4v) is 14.7. The Balaban J connectivity index is 5.24. The Kier molecular flexibility index (Phi) is 73.7. The fourth-order valence-electron chi connectivity index (χ4n) is 13.2. The van der Waals surface area contributed by atoms with Crippen LogP contribution in [0.5, 0.6) is 0 Å². The molecule has 3 N–H and O–H groups in total. The Morgan fingerprint density at radius 3 is 0.731 bits per heavy atom. The zero-order valence-corrected chi connectivity index (χ0v) is 70.3. The van der Waals surface area contributed by atoms with Gasteiger partial charge in [-0.2, -0.15) is 0 Å². The lowest BCUT2D eigenvalue weighted by molar-refractivity contribution is -0.161. The summed E-state index contributed by atoms with van der Waals surface area (Å²) >= 11 is 0. The molecule has 618 valence electrons. The van der Waals surface area contributed by atoms with E-state index < -0.39 is 97.5 Å². The van der Waals surface area contributed by atoms with E-state index in [0.29, 0.717) is 25.7 Å². The molecule has 0 amide bonds. The van der Waals surface area contributed by atoms with E-state index in [1.165, 1.54) is 257 Å². The van der Waals surface area contributed by atoms with Crippen LogP contribution in [0.25, 0.3) is 0 Å². The molecular formula is C85H166O17P2. The number of unbranched alkanes of at least 4 members (excludes halogenated alkanes) is 50. The van der Waals surface area contributed by atoms with Crippen molar-refractivity contribution >= 4 is 39.5 Å². The first-order chi connectivity index (χ1) is 50.3. The van der Waals surface area contributed by atoms with Gasteiger partial charge in [0.2, 0.25) is 0 Å². The normalized spacial score (nSPS) is 14.2. The summed E-state index contributed by atoms with van der Waals surface area (Å²) in [4.78, 5) is 73.2. The second-order valence-electron chi connectivity index (χ2n) is 31.8. The quantitative estimate of drug-likeness (QED) is 0.0222. The third kappa shape index (κ3) is 76.8. The highest BCUT2D eigenvalue weighted by molar-refractivity contribution is 7.47. The maximum atomic E-state index is 13.1. The molecule has 0 fully saturated rings. The zero-order chi connectivity index (χ0) is 76.5. The molecule has 0 spiro atoms. The topological polar surface area (TPSA) is 237 Å². The molecule has 0 aliphatic carbocycles. The molecule has 19 heteroatoms. The second-order valence-corrected chi connectivity index (χ2v) is 34.7. The molecule has 0 saturated carbocycles. The average Bonchev–Trinajstić information content (AvgIpc) is 0.908. The van der Waals surface area contributed by atoms with Crippen LogP contribution >= 0.6 is 15.6 Å². The number of phosphoric ester groups is 2. The largest absolute Gasteiger partial charge is 0.472 e. The molecule has 0 aromatic carbocycles. The van der Waals surface area contributed by atoms with Crippen LogP contribution < -0.4 is 0 Å². The van der Waals surface area contributed by atoms with Gasteiger partial charge in [0.25, 0.3) is 0 Å². The first-order valence-corrected chi connectivity index (χ1v) is 46.9. The third-order valence-electron chi connectivity index (χ3n) is 20.2. The number of aliphatic hydroxyl groups excluding tert-OH is 1. The number of carbonyl (C=O) groups is 4. The van der Waals surface area contributed by atoms with Gasteiger partial charge in [0.05, 0.1) is 26.4 Å². The standard InChI is InChI=1S/C85H166O17P2/c1-8-10-11-12-13-14-15-25-33-38-47-54-61-68-84(89)102-81(73-96-83(88)67-60-53-46-41-40-44-51-58-65-78(7)9-2)75-100-104(93,94)98-71-79(86)70-97-103(91,92)99-74-80(72-95-82(87)66-59-52-45-37-32-28-24-20-22-27-31-36-43-50-57-64-77(5)6)101-85(90)69-62-55-48-39-34-29-23-19-17-16-18-21-26-30-35-42-49-56-63-76(3)4/h76-81,86H,8-75H2,1-7H3,(H,91,92)(H,93,94)/t78?,79-,80-,81-/m1/s1.